The fourth-order valence-electron chi connectivity index (χ4n) is 2.21. The zero-order valence-corrected chi connectivity index (χ0v) is 10.2. The van der Waals surface area contributed by atoms with Crippen LogP contribution in [0.5, 0.6) is 0 Å². The summed E-state index contributed by atoms with van der Waals surface area (Å²) in [7, 11) is 0. The molecule has 0 saturated carbocycles. The first-order valence-corrected chi connectivity index (χ1v) is 5.75. The van der Waals surface area contributed by atoms with Gasteiger partial charge in [-0.3, -0.25) is 14.3 Å². The zero-order valence-electron chi connectivity index (χ0n) is 10.2. The van der Waals surface area contributed by atoms with Crippen molar-refractivity contribution >= 4 is 0 Å². The molecule has 1 aromatic heterocycles. The highest BCUT2D eigenvalue weighted by atomic mass is 16.6. The molecule has 100 valence electrons. The van der Waals surface area contributed by atoms with E-state index in [1.807, 2.05) is 6.92 Å². The quantitative estimate of drug-likeness (QED) is 0.626. The van der Waals surface area contributed by atoms with Crippen molar-refractivity contribution in [2.75, 3.05) is 0 Å². The molecule has 1 fully saturated rings. The molecule has 0 radical (unpaired) electrons. The number of hydrogen-bond donors (Lipinski definition) is 3. The summed E-state index contributed by atoms with van der Waals surface area (Å²) < 4.78 is 6.55. The zero-order chi connectivity index (χ0) is 13.5. The van der Waals surface area contributed by atoms with E-state index in [2.05, 4.69) is 4.98 Å². The minimum absolute atomic E-state index is 0.499. The summed E-state index contributed by atoms with van der Waals surface area (Å²) in [6, 6.07) is 1.16. The van der Waals surface area contributed by atoms with E-state index in [4.69, 9.17) is 4.74 Å². The number of rotatable bonds is 2. The monoisotopic (exact) mass is 256 g/mol. The van der Waals surface area contributed by atoms with Crippen LogP contribution in [0.1, 0.15) is 26.5 Å². The van der Waals surface area contributed by atoms with Crippen LogP contribution in [0.25, 0.3) is 0 Å². The van der Waals surface area contributed by atoms with Gasteiger partial charge in [0.15, 0.2) is 6.23 Å². The Morgan fingerprint density at radius 3 is 2.72 bits per heavy atom. The van der Waals surface area contributed by atoms with Gasteiger partial charge in [0.25, 0.3) is 5.56 Å². The van der Waals surface area contributed by atoms with Crippen LogP contribution in [0.15, 0.2) is 21.9 Å². The molecule has 7 nitrogen and oxygen atoms in total. The minimum atomic E-state index is -1.44. The van der Waals surface area contributed by atoms with E-state index in [9.17, 15) is 19.8 Å². The molecule has 2 heterocycles. The molecule has 18 heavy (non-hydrogen) atoms. The molecule has 0 aliphatic carbocycles. The number of hydrogen-bond acceptors (Lipinski definition) is 5. The Bertz CT molecular complexity index is 547. The molecule has 0 bridgehead atoms. The van der Waals surface area contributed by atoms with Gasteiger partial charge in [-0.25, -0.2) is 4.79 Å². The molecule has 1 saturated heterocycles. The van der Waals surface area contributed by atoms with Crippen molar-refractivity contribution in [1.82, 2.24) is 9.55 Å². The highest BCUT2D eigenvalue weighted by molar-refractivity contribution is 5.00. The van der Waals surface area contributed by atoms with E-state index < -0.39 is 35.3 Å². The first kappa shape index (κ1) is 13.0. The van der Waals surface area contributed by atoms with Crippen molar-refractivity contribution in [2.45, 2.75) is 44.3 Å². The highest BCUT2D eigenvalue weighted by Gasteiger charge is 2.52. The largest absolute Gasteiger partial charge is 0.385 e. The Balaban J connectivity index is 2.41. The average molecular weight is 256 g/mol. The molecule has 1 aromatic rings. The molecular weight excluding hydrogens is 240 g/mol. The van der Waals surface area contributed by atoms with Crippen LogP contribution >= 0.6 is 0 Å². The van der Waals surface area contributed by atoms with Gasteiger partial charge in [-0.1, -0.05) is 6.92 Å². The van der Waals surface area contributed by atoms with Gasteiger partial charge in [0.1, 0.15) is 11.7 Å². The van der Waals surface area contributed by atoms with Crippen molar-refractivity contribution in [2.24, 2.45) is 0 Å². The van der Waals surface area contributed by atoms with Crippen molar-refractivity contribution in [1.29, 1.82) is 0 Å². The standard InChI is InChI=1S/C11H16N2O5/c1-3-6-11(2,17)8(15)9(18-6)13-5-4-7(14)12-10(13)16/h4-6,8-9,15,17H,3H2,1-2H3,(H,12,14,16)/t6-,8?,9-,11-/m1/s1. The molecule has 2 rings (SSSR count). The lowest BCUT2D eigenvalue weighted by atomic mass is 9.93. The second-order valence-electron chi connectivity index (χ2n) is 4.61. The summed E-state index contributed by atoms with van der Waals surface area (Å²) >= 11 is 0. The third-order valence-corrected chi connectivity index (χ3v) is 3.32. The van der Waals surface area contributed by atoms with Gasteiger partial charge >= 0.3 is 5.69 Å². The number of ether oxygens (including phenoxy) is 1. The lowest BCUT2D eigenvalue weighted by Crippen LogP contribution is -2.45. The van der Waals surface area contributed by atoms with Crippen LogP contribution < -0.4 is 11.2 Å². The first-order valence-electron chi connectivity index (χ1n) is 5.75. The molecule has 0 aromatic carbocycles. The molecule has 0 spiro atoms. The number of aliphatic hydroxyl groups excluding tert-OH is 1. The van der Waals surface area contributed by atoms with Gasteiger partial charge in [0.05, 0.1) is 6.10 Å². The number of aliphatic hydroxyl groups is 2. The number of H-pyrrole nitrogens is 1. The van der Waals surface area contributed by atoms with E-state index in [1.54, 1.807) is 0 Å². The molecule has 7 heteroatoms. The van der Waals surface area contributed by atoms with Gasteiger partial charge in [0.2, 0.25) is 0 Å². The van der Waals surface area contributed by atoms with E-state index >= 15 is 0 Å². The molecule has 4 atom stereocenters. The number of aromatic amines is 1. The SMILES string of the molecule is CC[C@H]1O[C@@H](n2ccc(=O)[nH]c2=O)C(O)[C@]1(C)O. The maximum absolute atomic E-state index is 11.6. The summed E-state index contributed by atoms with van der Waals surface area (Å²) in [5.74, 6) is 0. The van der Waals surface area contributed by atoms with E-state index in [1.165, 1.54) is 13.1 Å². The Morgan fingerprint density at radius 1 is 1.56 bits per heavy atom. The maximum Gasteiger partial charge on any atom is 0.330 e. The smallest absolute Gasteiger partial charge is 0.330 e. The van der Waals surface area contributed by atoms with Crippen molar-refractivity contribution in [3.8, 4) is 0 Å². The van der Waals surface area contributed by atoms with Crippen molar-refractivity contribution in [3.05, 3.63) is 33.1 Å². The Kier molecular flexibility index (Phi) is 3.14. The van der Waals surface area contributed by atoms with Crippen LogP contribution in [0.2, 0.25) is 0 Å². The summed E-state index contributed by atoms with van der Waals surface area (Å²) in [4.78, 5) is 24.7. The van der Waals surface area contributed by atoms with E-state index in [0.29, 0.717) is 6.42 Å². The fourth-order valence-corrected chi connectivity index (χ4v) is 2.21. The predicted octanol–water partition coefficient (Wildman–Crippen LogP) is -1.04. The summed E-state index contributed by atoms with van der Waals surface area (Å²) in [6.07, 6.45) is -1.08. The Morgan fingerprint density at radius 2 is 2.22 bits per heavy atom. The van der Waals surface area contributed by atoms with Crippen LogP contribution in [-0.4, -0.2) is 37.6 Å². The second kappa shape index (κ2) is 4.34. The lowest BCUT2D eigenvalue weighted by molar-refractivity contribution is -0.0638. The molecule has 0 amide bonds. The minimum Gasteiger partial charge on any atom is -0.385 e. The van der Waals surface area contributed by atoms with Gasteiger partial charge in [-0.2, -0.15) is 0 Å². The number of nitrogens with one attached hydrogen (secondary N) is 1. The molecular formula is C11H16N2O5. The topological polar surface area (TPSA) is 105 Å². The summed E-state index contributed by atoms with van der Waals surface area (Å²) in [5, 5.41) is 20.2. The van der Waals surface area contributed by atoms with E-state index in [-0.39, 0.29) is 0 Å². The van der Waals surface area contributed by atoms with Crippen molar-refractivity contribution < 1.29 is 14.9 Å². The molecule has 1 aliphatic rings. The molecule has 1 unspecified atom stereocenters. The first-order chi connectivity index (χ1) is 8.37. The van der Waals surface area contributed by atoms with E-state index in [0.717, 1.165) is 10.6 Å². The van der Waals surface area contributed by atoms with Gasteiger partial charge in [0, 0.05) is 12.3 Å². The highest BCUT2D eigenvalue weighted by Crippen LogP contribution is 2.37. The second-order valence-corrected chi connectivity index (χ2v) is 4.61. The summed E-state index contributed by atoms with van der Waals surface area (Å²) in [5.41, 5.74) is -2.64. The van der Waals surface area contributed by atoms with Gasteiger partial charge < -0.3 is 14.9 Å². The van der Waals surface area contributed by atoms with Gasteiger partial charge in [-0.15, -0.1) is 0 Å². The third kappa shape index (κ3) is 1.90. The third-order valence-electron chi connectivity index (χ3n) is 3.32. The normalized spacial score (nSPS) is 35.9. The van der Waals surface area contributed by atoms with Crippen LogP contribution in [0.3, 0.4) is 0 Å². The Labute approximate surface area is 103 Å². The van der Waals surface area contributed by atoms with Crippen LogP contribution in [0, 0.1) is 0 Å². The summed E-state index contributed by atoms with van der Waals surface area (Å²) in [6.45, 7) is 3.27. The maximum atomic E-state index is 11.6. The predicted molar refractivity (Wildman–Crippen MR) is 62.2 cm³/mol. The molecule has 1 aliphatic heterocycles. The van der Waals surface area contributed by atoms with Crippen LogP contribution in [-0.2, 0) is 4.74 Å². The Hall–Kier alpha value is -1.44. The fraction of sp³-hybridized carbons (Fsp3) is 0.636. The number of nitrogens with zero attached hydrogens (tertiary/aromatic N) is 1. The molecule has 3 N–H and O–H groups in total. The van der Waals surface area contributed by atoms with Crippen LogP contribution in [0.4, 0.5) is 0 Å². The number of aromatic nitrogens is 2. The van der Waals surface area contributed by atoms with Crippen molar-refractivity contribution in [3.63, 3.8) is 0 Å². The average Bonchev–Trinajstić information content (AvgIpc) is 2.52. The van der Waals surface area contributed by atoms with Gasteiger partial charge in [-0.05, 0) is 13.3 Å². The lowest BCUT2D eigenvalue weighted by Gasteiger charge is -2.25.